The smallest absolute Gasteiger partial charge is 0.278 e. The first kappa shape index (κ1) is 14.5. The molecule has 0 atom stereocenters. The summed E-state index contributed by atoms with van der Waals surface area (Å²) in [5.74, 6) is 3.21. The Morgan fingerprint density at radius 2 is 1.91 bits per heavy atom. The second-order valence-corrected chi connectivity index (χ2v) is 5.42. The molecule has 0 aliphatic carbocycles. The van der Waals surface area contributed by atoms with Crippen molar-refractivity contribution < 1.29 is 9.47 Å². The van der Waals surface area contributed by atoms with Crippen molar-refractivity contribution in [3.8, 4) is 16.7 Å². The van der Waals surface area contributed by atoms with E-state index in [1.165, 1.54) is 11.3 Å². The van der Waals surface area contributed by atoms with Gasteiger partial charge in [-0.15, -0.1) is 10.2 Å². The molecule has 2 aromatic heterocycles. The number of nitrogens with zero attached hydrogens (tertiary/aromatic N) is 4. The summed E-state index contributed by atoms with van der Waals surface area (Å²) in [5.41, 5.74) is 0. The number of hydrogen-bond donors (Lipinski definition) is 0. The molecule has 1 aromatic carbocycles. The fraction of sp³-hybridized carbons (Fsp3) is 0.267. The van der Waals surface area contributed by atoms with Crippen LogP contribution in [0.1, 0.15) is 18.6 Å². The van der Waals surface area contributed by atoms with Crippen LogP contribution in [0.25, 0.3) is 0 Å². The van der Waals surface area contributed by atoms with Gasteiger partial charge in [-0.1, -0.05) is 11.3 Å². The SMILES string of the molecule is CCn1c(C)nnc1COc1ccc(Oc2nccs2)cc1. The Bertz CT molecular complexity index is 723. The number of benzene rings is 1. The van der Waals surface area contributed by atoms with Crippen LogP contribution in [0.3, 0.4) is 0 Å². The van der Waals surface area contributed by atoms with Crippen LogP contribution >= 0.6 is 11.3 Å². The molecule has 0 bridgehead atoms. The van der Waals surface area contributed by atoms with Gasteiger partial charge in [-0.05, 0) is 38.1 Å². The van der Waals surface area contributed by atoms with Crippen LogP contribution in [-0.2, 0) is 13.2 Å². The fourth-order valence-corrected chi connectivity index (χ4v) is 2.56. The van der Waals surface area contributed by atoms with Crippen molar-refractivity contribution in [2.75, 3.05) is 0 Å². The summed E-state index contributed by atoms with van der Waals surface area (Å²) < 4.78 is 13.4. The van der Waals surface area contributed by atoms with Crippen molar-refractivity contribution in [2.45, 2.75) is 27.0 Å². The average molecular weight is 316 g/mol. The number of thiazole rings is 1. The zero-order valence-corrected chi connectivity index (χ0v) is 13.2. The molecule has 0 unspecified atom stereocenters. The quantitative estimate of drug-likeness (QED) is 0.697. The molecular weight excluding hydrogens is 300 g/mol. The molecule has 2 heterocycles. The van der Waals surface area contributed by atoms with E-state index in [-0.39, 0.29) is 0 Å². The van der Waals surface area contributed by atoms with Gasteiger partial charge in [0.25, 0.3) is 5.19 Å². The summed E-state index contributed by atoms with van der Waals surface area (Å²) in [6.07, 6.45) is 1.71. The van der Waals surface area contributed by atoms with Crippen LogP contribution in [0.2, 0.25) is 0 Å². The first-order valence-electron chi connectivity index (χ1n) is 6.95. The van der Waals surface area contributed by atoms with E-state index >= 15 is 0 Å². The second-order valence-electron chi connectivity index (χ2n) is 4.57. The molecule has 0 radical (unpaired) electrons. The lowest BCUT2D eigenvalue weighted by Gasteiger charge is -2.08. The number of aromatic nitrogens is 4. The molecule has 0 fully saturated rings. The average Bonchev–Trinajstić information content (AvgIpc) is 3.16. The van der Waals surface area contributed by atoms with Crippen molar-refractivity contribution >= 4 is 11.3 Å². The third-order valence-corrected chi connectivity index (χ3v) is 3.78. The van der Waals surface area contributed by atoms with E-state index in [1.807, 2.05) is 41.1 Å². The Hall–Kier alpha value is -2.41. The van der Waals surface area contributed by atoms with Crippen LogP contribution < -0.4 is 9.47 Å². The third kappa shape index (κ3) is 3.25. The Labute approximate surface area is 132 Å². The standard InChI is InChI=1S/C15H16N4O2S/c1-3-19-11(2)17-18-14(19)10-20-12-4-6-13(7-5-12)21-15-16-8-9-22-15/h4-9H,3,10H2,1-2H3. The highest BCUT2D eigenvalue weighted by Crippen LogP contribution is 2.25. The maximum atomic E-state index is 5.75. The molecule has 0 aliphatic heterocycles. The van der Waals surface area contributed by atoms with Crippen LogP contribution in [0.15, 0.2) is 35.8 Å². The summed E-state index contributed by atoms with van der Waals surface area (Å²) in [7, 11) is 0. The maximum Gasteiger partial charge on any atom is 0.278 e. The number of rotatable bonds is 6. The molecule has 0 aliphatic rings. The summed E-state index contributed by atoms with van der Waals surface area (Å²) in [6.45, 7) is 5.22. The number of aryl methyl sites for hydroxylation is 1. The topological polar surface area (TPSA) is 62.1 Å². The zero-order chi connectivity index (χ0) is 15.4. The lowest BCUT2D eigenvalue weighted by molar-refractivity contribution is 0.288. The molecule has 7 heteroatoms. The molecule has 0 saturated heterocycles. The van der Waals surface area contributed by atoms with Crippen molar-refractivity contribution in [1.82, 2.24) is 19.7 Å². The molecular formula is C15H16N4O2S. The molecule has 6 nitrogen and oxygen atoms in total. The van der Waals surface area contributed by atoms with E-state index in [0.29, 0.717) is 11.8 Å². The van der Waals surface area contributed by atoms with Crippen molar-refractivity contribution in [2.24, 2.45) is 0 Å². The highest BCUT2D eigenvalue weighted by molar-refractivity contribution is 7.11. The minimum absolute atomic E-state index is 0.390. The molecule has 3 rings (SSSR count). The summed E-state index contributed by atoms with van der Waals surface area (Å²) in [4.78, 5) is 4.08. The van der Waals surface area contributed by atoms with E-state index in [9.17, 15) is 0 Å². The van der Waals surface area contributed by atoms with Crippen molar-refractivity contribution in [1.29, 1.82) is 0 Å². The van der Waals surface area contributed by atoms with E-state index in [0.717, 1.165) is 29.7 Å². The van der Waals surface area contributed by atoms with Gasteiger partial charge in [0.2, 0.25) is 0 Å². The van der Waals surface area contributed by atoms with Gasteiger partial charge < -0.3 is 14.0 Å². The Morgan fingerprint density at radius 3 is 2.59 bits per heavy atom. The van der Waals surface area contributed by atoms with Crippen LogP contribution in [0.5, 0.6) is 16.7 Å². The zero-order valence-electron chi connectivity index (χ0n) is 12.4. The summed E-state index contributed by atoms with van der Waals surface area (Å²) in [6, 6.07) is 7.43. The summed E-state index contributed by atoms with van der Waals surface area (Å²) >= 11 is 1.45. The van der Waals surface area contributed by atoms with Gasteiger partial charge in [0.1, 0.15) is 23.9 Å². The van der Waals surface area contributed by atoms with Gasteiger partial charge in [-0.3, -0.25) is 0 Å². The molecule has 0 saturated carbocycles. The first-order chi connectivity index (χ1) is 10.8. The highest BCUT2D eigenvalue weighted by Gasteiger charge is 2.08. The minimum Gasteiger partial charge on any atom is -0.486 e. The predicted octanol–water partition coefficient (Wildman–Crippen LogP) is 3.43. The Kier molecular flexibility index (Phi) is 4.34. The normalized spacial score (nSPS) is 10.6. The Balaban J connectivity index is 1.61. The molecule has 0 N–H and O–H groups in total. The molecule has 3 aromatic rings. The highest BCUT2D eigenvalue weighted by atomic mass is 32.1. The number of ether oxygens (including phenoxy) is 2. The van der Waals surface area contributed by atoms with E-state index < -0.39 is 0 Å². The summed E-state index contributed by atoms with van der Waals surface area (Å²) in [5, 5.41) is 10.7. The van der Waals surface area contributed by atoms with Crippen LogP contribution in [0, 0.1) is 6.92 Å². The Morgan fingerprint density at radius 1 is 1.14 bits per heavy atom. The van der Waals surface area contributed by atoms with Gasteiger partial charge in [0.15, 0.2) is 5.82 Å². The largest absolute Gasteiger partial charge is 0.486 e. The maximum absolute atomic E-state index is 5.75. The van der Waals surface area contributed by atoms with Crippen molar-refractivity contribution in [3.63, 3.8) is 0 Å². The minimum atomic E-state index is 0.390. The molecule has 0 spiro atoms. The second kappa shape index (κ2) is 6.57. The van der Waals surface area contributed by atoms with Crippen LogP contribution in [-0.4, -0.2) is 19.7 Å². The van der Waals surface area contributed by atoms with Gasteiger partial charge >= 0.3 is 0 Å². The van der Waals surface area contributed by atoms with Crippen molar-refractivity contribution in [3.05, 3.63) is 47.5 Å². The first-order valence-corrected chi connectivity index (χ1v) is 7.83. The lowest BCUT2D eigenvalue weighted by Crippen LogP contribution is -2.07. The van der Waals surface area contributed by atoms with Crippen LogP contribution in [0.4, 0.5) is 0 Å². The molecule has 0 amide bonds. The fourth-order valence-electron chi connectivity index (χ4n) is 2.06. The predicted molar refractivity (Wildman–Crippen MR) is 83.4 cm³/mol. The van der Waals surface area contributed by atoms with E-state index in [4.69, 9.17) is 9.47 Å². The third-order valence-electron chi connectivity index (χ3n) is 3.14. The number of hydrogen-bond acceptors (Lipinski definition) is 6. The van der Waals surface area contributed by atoms with E-state index in [2.05, 4.69) is 22.1 Å². The van der Waals surface area contributed by atoms with Gasteiger partial charge in [0, 0.05) is 18.1 Å². The molecule has 114 valence electrons. The lowest BCUT2D eigenvalue weighted by atomic mass is 10.3. The monoisotopic (exact) mass is 316 g/mol. The molecule has 22 heavy (non-hydrogen) atoms. The van der Waals surface area contributed by atoms with Gasteiger partial charge in [0.05, 0.1) is 0 Å². The van der Waals surface area contributed by atoms with E-state index in [1.54, 1.807) is 6.20 Å². The van der Waals surface area contributed by atoms with Gasteiger partial charge in [-0.2, -0.15) is 0 Å². The van der Waals surface area contributed by atoms with Gasteiger partial charge in [-0.25, -0.2) is 4.98 Å².